The fourth-order valence-electron chi connectivity index (χ4n) is 1.86. The van der Waals surface area contributed by atoms with E-state index in [1.807, 2.05) is 0 Å². The molecule has 0 saturated carbocycles. The number of halogens is 6. The number of ether oxygens (including phenoxy) is 1. The largest absolute Gasteiger partial charge is 0.573 e. The number of rotatable bonds is 3. The molecule has 0 bridgehead atoms. The topological polar surface area (TPSA) is 55.5 Å². The lowest BCUT2D eigenvalue weighted by molar-refractivity contribution is -0.274. The molecule has 3 nitrogen and oxygen atoms in total. The lowest BCUT2D eigenvalue weighted by atomic mass is 9.98. The van der Waals surface area contributed by atoms with Gasteiger partial charge in [0.1, 0.15) is 16.5 Å². The molecule has 0 amide bonds. The van der Waals surface area contributed by atoms with E-state index in [4.69, 9.17) is 28.9 Å². The Morgan fingerprint density at radius 1 is 1.04 bits per heavy atom. The van der Waals surface area contributed by atoms with Gasteiger partial charge < -0.3 is 15.6 Å². The van der Waals surface area contributed by atoms with Crippen LogP contribution in [0.15, 0.2) is 36.4 Å². The van der Waals surface area contributed by atoms with Gasteiger partial charge in [0.05, 0.1) is 11.1 Å². The predicted molar refractivity (Wildman–Crippen MR) is 84.5 cm³/mol. The number of benzene rings is 2. The van der Waals surface area contributed by atoms with Crippen molar-refractivity contribution in [2.45, 2.75) is 12.4 Å². The van der Waals surface area contributed by atoms with E-state index in [9.17, 15) is 18.3 Å². The van der Waals surface area contributed by atoms with E-state index in [2.05, 4.69) is 4.74 Å². The van der Waals surface area contributed by atoms with Crippen LogP contribution in [0.5, 0.6) is 11.5 Å². The van der Waals surface area contributed by atoms with E-state index in [1.54, 1.807) is 0 Å². The molecule has 0 aromatic heterocycles. The second-order valence-electron chi connectivity index (χ2n) is 4.39. The van der Waals surface area contributed by atoms with Crippen molar-refractivity contribution in [2.75, 3.05) is 0 Å². The van der Waals surface area contributed by atoms with Crippen molar-refractivity contribution in [2.24, 2.45) is 5.73 Å². The molecular weight excluding hydrogens is 378 g/mol. The van der Waals surface area contributed by atoms with Crippen LogP contribution in [0.25, 0.3) is 0 Å². The van der Waals surface area contributed by atoms with E-state index in [1.165, 1.54) is 24.3 Å². The number of phenols is 1. The monoisotopic (exact) mass is 387 g/mol. The lowest BCUT2D eigenvalue weighted by Gasteiger charge is -2.16. The zero-order valence-corrected chi connectivity index (χ0v) is 13.6. The summed E-state index contributed by atoms with van der Waals surface area (Å²) >= 11 is 11.6. The molecule has 1 atom stereocenters. The number of aromatic hydroxyl groups is 1. The first kappa shape index (κ1) is 19.7. The van der Waals surface area contributed by atoms with Crippen molar-refractivity contribution in [3.8, 4) is 11.5 Å². The molecule has 0 aliphatic rings. The molecule has 0 fully saturated rings. The summed E-state index contributed by atoms with van der Waals surface area (Å²) in [6.07, 6.45) is -4.76. The average Bonchev–Trinajstić information content (AvgIpc) is 2.43. The molecular formula is C14H11Cl3F3NO2. The molecule has 23 heavy (non-hydrogen) atoms. The maximum atomic E-state index is 12.1. The van der Waals surface area contributed by atoms with Crippen LogP contribution in [0.4, 0.5) is 13.2 Å². The summed E-state index contributed by atoms with van der Waals surface area (Å²) in [6.45, 7) is 0. The molecule has 0 spiro atoms. The molecule has 0 saturated heterocycles. The van der Waals surface area contributed by atoms with Gasteiger partial charge >= 0.3 is 6.36 Å². The summed E-state index contributed by atoms with van der Waals surface area (Å²) < 4.78 is 40.1. The van der Waals surface area contributed by atoms with Crippen LogP contribution in [-0.4, -0.2) is 11.5 Å². The molecule has 0 aliphatic carbocycles. The van der Waals surface area contributed by atoms with Crippen LogP contribution >= 0.6 is 35.6 Å². The van der Waals surface area contributed by atoms with Crippen molar-refractivity contribution >= 4 is 35.6 Å². The van der Waals surface area contributed by atoms with Crippen molar-refractivity contribution < 1.29 is 23.0 Å². The third kappa shape index (κ3) is 4.81. The zero-order valence-electron chi connectivity index (χ0n) is 11.3. The maximum Gasteiger partial charge on any atom is 0.573 e. The molecule has 2 aromatic rings. The van der Waals surface area contributed by atoms with Gasteiger partial charge in [-0.1, -0.05) is 41.4 Å². The highest BCUT2D eigenvalue weighted by Gasteiger charge is 2.31. The third-order valence-electron chi connectivity index (χ3n) is 2.91. The van der Waals surface area contributed by atoms with Gasteiger partial charge in [-0.05, 0) is 23.8 Å². The van der Waals surface area contributed by atoms with E-state index in [-0.39, 0.29) is 34.0 Å². The van der Waals surface area contributed by atoms with Crippen LogP contribution in [-0.2, 0) is 0 Å². The summed E-state index contributed by atoms with van der Waals surface area (Å²) in [5, 5.41) is 10.1. The summed E-state index contributed by atoms with van der Waals surface area (Å²) in [7, 11) is 0. The molecule has 0 heterocycles. The molecule has 2 aromatic carbocycles. The number of alkyl halides is 3. The Hall–Kier alpha value is -1.34. The van der Waals surface area contributed by atoms with Gasteiger partial charge in [0.15, 0.2) is 0 Å². The van der Waals surface area contributed by atoms with Crippen LogP contribution in [0.3, 0.4) is 0 Å². The predicted octanol–water partition coefficient (Wildman–Crippen LogP) is 5.07. The van der Waals surface area contributed by atoms with Crippen LogP contribution in [0.1, 0.15) is 17.2 Å². The fourth-order valence-corrected chi connectivity index (χ4v) is 2.19. The Morgan fingerprint density at radius 2 is 1.61 bits per heavy atom. The quantitative estimate of drug-likeness (QED) is 0.772. The second-order valence-corrected chi connectivity index (χ2v) is 5.18. The minimum Gasteiger partial charge on any atom is -0.506 e. The van der Waals surface area contributed by atoms with Gasteiger partial charge in [-0.3, -0.25) is 0 Å². The van der Waals surface area contributed by atoms with Gasteiger partial charge in [-0.15, -0.1) is 25.6 Å². The first-order chi connectivity index (χ1) is 10.2. The Kier molecular flexibility index (Phi) is 6.41. The number of nitrogens with two attached hydrogens (primary N) is 1. The van der Waals surface area contributed by atoms with E-state index in [0.717, 1.165) is 12.1 Å². The Bertz CT molecular complexity index is 678. The minimum absolute atomic E-state index is 0. The van der Waals surface area contributed by atoms with Gasteiger partial charge in [-0.25, -0.2) is 0 Å². The van der Waals surface area contributed by atoms with Crippen LogP contribution in [0.2, 0.25) is 10.0 Å². The average molecular weight is 389 g/mol. The van der Waals surface area contributed by atoms with Gasteiger partial charge in [0.25, 0.3) is 0 Å². The minimum atomic E-state index is -4.76. The van der Waals surface area contributed by atoms with Crippen molar-refractivity contribution in [1.82, 2.24) is 0 Å². The van der Waals surface area contributed by atoms with E-state index >= 15 is 0 Å². The summed E-state index contributed by atoms with van der Waals surface area (Å²) in [4.78, 5) is 0. The molecule has 0 unspecified atom stereocenters. The fraction of sp³-hybridized carbons (Fsp3) is 0.143. The van der Waals surface area contributed by atoms with Crippen molar-refractivity contribution in [3.63, 3.8) is 0 Å². The SMILES string of the molecule is Cl.N[C@@H](c1ccc(OC(F)(F)F)cc1)c1ccc(Cl)c(Cl)c1O. The highest BCUT2D eigenvalue weighted by molar-refractivity contribution is 6.43. The van der Waals surface area contributed by atoms with Crippen molar-refractivity contribution in [3.05, 3.63) is 57.6 Å². The summed E-state index contributed by atoms with van der Waals surface area (Å²) in [5.41, 5.74) is 6.77. The standard InChI is InChI=1S/C14H10Cl2F3NO2.ClH/c15-10-6-5-9(13(21)11(10)16)12(20)7-1-3-8(4-2-7)22-14(17,18)19;/h1-6,12,21H,20H2;1H/t12-;/m0./s1. The van der Waals surface area contributed by atoms with Gasteiger partial charge in [-0.2, -0.15) is 0 Å². The third-order valence-corrected chi connectivity index (χ3v) is 3.70. The molecule has 126 valence electrons. The normalized spacial score (nSPS) is 12.4. The number of hydrogen-bond acceptors (Lipinski definition) is 3. The smallest absolute Gasteiger partial charge is 0.506 e. The first-order valence-corrected chi connectivity index (χ1v) is 6.73. The highest BCUT2D eigenvalue weighted by atomic mass is 35.5. The first-order valence-electron chi connectivity index (χ1n) is 5.97. The number of phenolic OH excluding ortho intramolecular Hbond substituents is 1. The maximum absolute atomic E-state index is 12.1. The van der Waals surface area contributed by atoms with Crippen LogP contribution in [0, 0.1) is 0 Å². The Morgan fingerprint density at radius 3 is 2.13 bits per heavy atom. The molecule has 2 rings (SSSR count). The van der Waals surface area contributed by atoms with Gasteiger partial charge in [0, 0.05) is 5.56 Å². The Balaban J connectivity index is 0.00000264. The van der Waals surface area contributed by atoms with E-state index < -0.39 is 12.4 Å². The summed E-state index contributed by atoms with van der Waals surface area (Å²) in [6, 6.07) is 7.19. The van der Waals surface area contributed by atoms with Gasteiger partial charge in [0.2, 0.25) is 0 Å². The molecule has 0 aliphatic heterocycles. The Labute approximate surface area is 146 Å². The highest BCUT2D eigenvalue weighted by Crippen LogP contribution is 2.38. The lowest BCUT2D eigenvalue weighted by Crippen LogP contribution is -2.17. The number of hydrogen-bond donors (Lipinski definition) is 2. The van der Waals surface area contributed by atoms with E-state index in [0.29, 0.717) is 11.1 Å². The second kappa shape index (κ2) is 7.49. The van der Waals surface area contributed by atoms with Crippen molar-refractivity contribution in [1.29, 1.82) is 0 Å². The summed E-state index contributed by atoms with van der Waals surface area (Å²) in [5.74, 6) is -0.626. The molecule has 9 heteroatoms. The molecule has 3 N–H and O–H groups in total. The molecule has 0 radical (unpaired) electrons. The van der Waals surface area contributed by atoms with Crippen LogP contribution < -0.4 is 10.5 Å². The zero-order chi connectivity index (χ0) is 16.5.